The van der Waals surface area contributed by atoms with Gasteiger partial charge in [-0.1, -0.05) is 6.92 Å². The zero-order valence-electron chi connectivity index (χ0n) is 12.2. The summed E-state index contributed by atoms with van der Waals surface area (Å²) in [5.74, 6) is 2.74. The fraction of sp³-hybridized carbons (Fsp3) is 0.800. The molecular weight excluding hydrogens is 222 g/mol. The lowest BCUT2D eigenvalue weighted by Crippen LogP contribution is -2.43. The fourth-order valence-corrected chi connectivity index (χ4v) is 2.67. The third kappa shape index (κ3) is 3.14. The Morgan fingerprint density at radius 2 is 2.17 bits per heavy atom. The van der Waals surface area contributed by atoms with Gasteiger partial charge in [0.2, 0.25) is 0 Å². The zero-order valence-corrected chi connectivity index (χ0v) is 12.2. The number of hydrogen-bond acceptors (Lipinski definition) is 2. The molecule has 1 aliphatic rings. The van der Waals surface area contributed by atoms with E-state index in [1.165, 1.54) is 25.1 Å². The number of nitrogens with zero attached hydrogens (tertiary/aromatic N) is 2. The van der Waals surface area contributed by atoms with Gasteiger partial charge < -0.3 is 9.88 Å². The van der Waals surface area contributed by atoms with Crippen LogP contribution in [0.5, 0.6) is 0 Å². The number of aromatic nitrogens is 2. The molecule has 0 amide bonds. The monoisotopic (exact) mass is 249 g/mol. The van der Waals surface area contributed by atoms with Gasteiger partial charge in [-0.15, -0.1) is 0 Å². The molecule has 1 fully saturated rings. The fourth-order valence-electron chi connectivity index (χ4n) is 2.67. The summed E-state index contributed by atoms with van der Waals surface area (Å²) in [7, 11) is 0. The van der Waals surface area contributed by atoms with E-state index in [4.69, 9.17) is 0 Å². The summed E-state index contributed by atoms with van der Waals surface area (Å²) in [5.41, 5.74) is 0.221. The standard InChI is InChI=1S/C15H27N3/c1-5-9-18-10-8-16-14(18)13-7-6-12(13)11-17-15(2,3)4/h8,10,12-13,17H,5-7,9,11H2,1-4H3. The molecule has 1 aromatic heterocycles. The van der Waals surface area contributed by atoms with E-state index >= 15 is 0 Å². The second kappa shape index (κ2) is 5.43. The predicted octanol–water partition coefficient (Wildman–Crippen LogP) is 3.17. The number of rotatable bonds is 5. The van der Waals surface area contributed by atoms with E-state index in [9.17, 15) is 0 Å². The maximum absolute atomic E-state index is 4.59. The quantitative estimate of drug-likeness (QED) is 0.868. The lowest BCUT2D eigenvalue weighted by Gasteiger charge is -2.38. The molecule has 0 spiro atoms. The van der Waals surface area contributed by atoms with Crippen molar-refractivity contribution >= 4 is 0 Å². The van der Waals surface area contributed by atoms with Crippen LogP contribution in [0.2, 0.25) is 0 Å². The molecule has 1 heterocycles. The summed E-state index contributed by atoms with van der Waals surface area (Å²) >= 11 is 0. The van der Waals surface area contributed by atoms with E-state index < -0.39 is 0 Å². The summed E-state index contributed by atoms with van der Waals surface area (Å²) in [5, 5.41) is 3.63. The first-order valence-electron chi connectivity index (χ1n) is 7.27. The van der Waals surface area contributed by atoms with Crippen molar-refractivity contribution in [3.63, 3.8) is 0 Å². The number of aryl methyl sites for hydroxylation is 1. The van der Waals surface area contributed by atoms with Gasteiger partial charge in [-0.2, -0.15) is 0 Å². The van der Waals surface area contributed by atoms with Crippen LogP contribution in [0.4, 0.5) is 0 Å². The number of hydrogen-bond donors (Lipinski definition) is 1. The van der Waals surface area contributed by atoms with Crippen LogP contribution < -0.4 is 5.32 Å². The van der Waals surface area contributed by atoms with Crippen molar-refractivity contribution < 1.29 is 0 Å². The molecule has 1 saturated carbocycles. The van der Waals surface area contributed by atoms with Gasteiger partial charge in [-0.3, -0.25) is 0 Å². The normalized spacial score (nSPS) is 24.0. The Labute approximate surface area is 111 Å². The Balaban J connectivity index is 1.95. The third-order valence-electron chi connectivity index (χ3n) is 3.86. The van der Waals surface area contributed by atoms with Crippen molar-refractivity contribution in [2.75, 3.05) is 6.54 Å². The van der Waals surface area contributed by atoms with Crippen LogP contribution in [-0.2, 0) is 6.54 Å². The van der Waals surface area contributed by atoms with Gasteiger partial charge >= 0.3 is 0 Å². The van der Waals surface area contributed by atoms with Crippen LogP contribution in [0.1, 0.15) is 58.7 Å². The van der Waals surface area contributed by atoms with E-state index in [0.717, 1.165) is 19.0 Å². The molecular formula is C15H27N3. The molecule has 2 atom stereocenters. The second-order valence-corrected chi connectivity index (χ2v) is 6.55. The van der Waals surface area contributed by atoms with Gasteiger partial charge in [0, 0.05) is 30.4 Å². The molecule has 18 heavy (non-hydrogen) atoms. The molecule has 0 saturated heterocycles. The Morgan fingerprint density at radius 1 is 1.39 bits per heavy atom. The summed E-state index contributed by atoms with van der Waals surface area (Å²) < 4.78 is 2.34. The molecule has 0 aromatic carbocycles. The highest BCUT2D eigenvalue weighted by atomic mass is 15.1. The average Bonchev–Trinajstić information content (AvgIpc) is 2.64. The van der Waals surface area contributed by atoms with Gasteiger partial charge in [-0.25, -0.2) is 4.98 Å². The third-order valence-corrected chi connectivity index (χ3v) is 3.86. The smallest absolute Gasteiger partial charge is 0.112 e. The van der Waals surface area contributed by atoms with E-state index in [1.807, 2.05) is 6.20 Å². The summed E-state index contributed by atoms with van der Waals surface area (Å²) in [6.07, 6.45) is 7.91. The number of nitrogens with one attached hydrogen (secondary N) is 1. The van der Waals surface area contributed by atoms with Crippen LogP contribution in [0.15, 0.2) is 12.4 Å². The lowest BCUT2D eigenvalue weighted by molar-refractivity contribution is 0.213. The van der Waals surface area contributed by atoms with Crippen molar-refractivity contribution in [1.29, 1.82) is 0 Å². The van der Waals surface area contributed by atoms with Crippen molar-refractivity contribution in [3.8, 4) is 0 Å². The van der Waals surface area contributed by atoms with E-state index in [-0.39, 0.29) is 5.54 Å². The maximum atomic E-state index is 4.59. The van der Waals surface area contributed by atoms with Crippen molar-refractivity contribution in [1.82, 2.24) is 14.9 Å². The summed E-state index contributed by atoms with van der Waals surface area (Å²) in [6.45, 7) is 11.2. The Hall–Kier alpha value is -0.830. The molecule has 1 aromatic rings. The minimum Gasteiger partial charge on any atom is -0.335 e. The van der Waals surface area contributed by atoms with Gasteiger partial charge in [0.05, 0.1) is 0 Å². The van der Waals surface area contributed by atoms with Crippen LogP contribution in [0, 0.1) is 5.92 Å². The Morgan fingerprint density at radius 3 is 2.72 bits per heavy atom. The molecule has 3 nitrogen and oxygen atoms in total. The van der Waals surface area contributed by atoms with E-state index in [1.54, 1.807) is 0 Å². The Kier molecular flexibility index (Phi) is 4.10. The van der Waals surface area contributed by atoms with Crippen LogP contribution in [0.25, 0.3) is 0 Å². The second-order valence-electron chi connectivity index (χ2n) is 6.55. The summed E-state index contributed by atoms with van der Waals surface area (Å²) in [4.78, 5) is 4.59. The van der Waals surface area contributed by atoms with E-state index in [2.05, 4.69) is 48.8 Å². The first kappa shape index (κ1) is 13.6. The molecule has 0 aliphatic heterocycles. The SMILES string of the molecule is CCCn1ccnc1C1CCC1CNC(C)(C)C. The Bertz CT molecular complexity index is 375. The predicted molar refractivity (Wildman–Crippen MR) is 75.7 cm³/mol. The topological polar surface area (TPSA) is 29.9 Å². The number of imidazole rings is 1. The zero-order chi connectivity index (χ0) is 13.2. The molecule has 102 valence electrons. The highest BCUT2D eigenvalue weighted by Gasteiger charge is 2.35. The highest BCUT2D eigenvalue weighted by Crippen LogP contribution is 2.41. The molecule has 3 heteroatoms. The van der Waals surface area contributed by atoms with Crippen LogP contribution >= 0.6 is 0 Å². The van der Waals surface area contributed by atoms with Gasteiger partial charge in [-0.05, 0) is 52.5 Å². The largest absolute Gasteiger partial charge is 0.335 e. The first-order chi connectivity index (χ1) is 8.51. The van der Waals surface area contributed by atoms with Gasteiger partial charge in [0.15, 0.2) is 0 Å². The van der Waals surface area contributed by atoms with Crippen LogP contribution in [-0.4, -0.2) is 21.6 Å². The van der Waals surface area contributed by atoms with Crippen LogP contribution in [0.3, 0.4) is 0 Å². The van der Waals surface area contributed by atoms with Crippen molar-refractivity contribution in [2.45, 2.75) is 65.0 Å². The van der Waals surface area contributed by atoms with Gasteiger partial charge in [0.25, 0.3) is 0 Å². The van der Waals surface area contributed by atoms with Crippen molar-refractivity contribution in [3.05, 3.63) is 18.2 Å². The average molecular weight is 249 g/mol. The molecule has 2 unspecified atom stereocenters. The molecule has 1 aliphatic carbocycles. The first-order valence-corrected chi connectivity index (χ1v) is 7.27. The molecule has 0 radical (unpaired) electrons. The lowest BCUT2D eigenvalue weighted by atomic mass is 9.72. The molecule has 0 bridgehead atoms. The molecule has 2 rings (SSSR count). The maximum Gasteiger partial charge on any atom is 0.112 e. The van der Waals surface area contributed by atoms with E-state index in [0.29, 0.717) is 5.92 Å². The minimum absolute atomic E-state index is 0.221. The molecule has 1 N–H and O–H groups in total. The van der Waals surface area contributed by atoms with Gasteiger partial charge in [0.1, 0.15) is 5.82 Å². The van der Waals surface area contributed by atoms with Crippen molar-refractivity contribution in [2.24, 2.45) is 5.92 Å². The minimum atomic E-state index is 0.221. The summed E-state index contributed by atoms with van der Waals surface area (Å²) in [6, 6.07) is 0. The highest BCUT2D eigenvalue weighted by molar-refractivity contribution is 5.08.